The second kappa shape index (κ2) is 22.0. The molecule has 3 aromatic rings. The highest BCUT2D eigenvalue weighted by Gasteiger charge is 2.27. The molecule has 46 heavy (non-hydrogen) atoms. The lowest BCUT2D eigenvalue weighted by atomic mass is 10.1. The number of rotatable bonds is 25. The molecular weight excluding hydrogens is 646 g/mol. The molecule has 0 aliphatic heterocycles. The number of unbranched alkanes of at least 4 members (excludes halogenated alkanes) is 10. The highest BCUT2D eigenvalue weighted by molar-refractivity contribution is 7.62. The second-order valence-corrected chi connectivity index (χ2v) is 13.7. The fourth-order valence-corrected chi connectivity index (χ4v) is 6.63. The minimum absolute atomic E-state index is 0.396. The second-order valence-electron chi connectivity index (χ2n) is 11.0. The summed E-state index contributed by atoms with van der Waals surface area (Å²) in [4.78, 5) is 22.3. The van der Waals surface area contributed by atoms with Crippen molar-refractivity contribution in [3.8, 4) is 11.5 Å². The van der Waals surface area contributed by atoms with Crippen LogP contribution in [0.5, 0.6) is 11.5 Å². The van der Waals surface area contributed by atoms with E-state index in [0.717, 1.165) is 88.5 Å². The van der Waals surface area contributed by atoms with Crippen molar-refractivity contribution in [2.24, 2.45) is 0 Å². The van der Waals surface area contributed by atoms with E-state index in [0.29, 0.717) is 42.9 Å². The molecule has 0 aromatic heterocycles. The van der Waals surface area contributed by atoms with Crippen LogP contribution in [0.1, 0.15) is 97.8 Å². The first-order valence-corrected chi connectivity index (χ1v) is 18.5. The molecule has 250 valence electrons. The molecule has 0 bridgehead atoms. The van der Waals surface area contributed by atoms with Gasteiger partial charge >= 0.3 is 7.60 Å². The van der Waals surface area contributed by atoms with Gasteiger partial charge in [-0.25, -0.2) is 0 Å². The number of benzene rings is 3. The van der Waals surface area contributed by atoms with Gasteiger partial charge in [0.25, 0.3) is 10.5 Å². The smallest absolute Gasteiger partial charge is 0.361 e. The summed E-state index contributed by atoms with van der Waals surface area (Å²) in [5.74, 6) is 1.46. The SMILES string of the molecule is O=C(Cl)c1ccc(OCCCCCCCCOP(=O)(OCCCCCCCCOc2ccc(C(=O)Cl)cc2)c2ccccc2)cc1. The van der Waals surface area contributed by atoms with Crippen LogP contribution in [0.2, 0.25) is 0 Å². The van der Waals surface area contributed by atoms with Gasteiger partial charge in [-0.05, 0) is 110 Å². The van der Waals surface area contributed by atoms with E-state index in [9.17, 15) is 14.2 Å². The van der Waals surface area contributed by atoms with Gasteiger partial charge in [-0.1, -0.05) is 69.6 Å². The zero-order valence-corrected chi connectivity index (χ0v) is 28.8. The molecule has 0 unspecified atom stereocenters. The van der Waals surface area contributed by atoms with E-state index in [-0.39, 0.29) is 0 Å². The number of hydrogen-bond acceptors (Lipinski definition) is 7. The van der Waals surface area contributed by atoms with Crippen molar-refractivity contribution in [2.75, 3.05) is 26.4 Å². The average Bonchev–Trinajstić information content (AvgIpc) is 3.07. The van der Waals surface area contributed by atoms with Crippen molar-refractivity contribution in [1.29, 1.82) is 0 Å². The largest absolute Gasteiger partial charge is 0.494 e. The summed E-state index contributed by atoms with van der Waals surface area (Å²) in [7, 11) is -3.37. The summed E-state index contributed by atoms with van der Waals surface area (Å²) in [6, 6.07) is 22.9. The Bertz CT molecular complexity index is 1250. The number of ether oxygens (including phenoxy) is 2. The lowest BCUT2D eigenvalue weighted by molar-refractivity contribution is 0.107. The molecular formula is C36H45Cl2O7P. The third kappa shape index (κ3) is 14.8. The maximum absolute atomic E-state index is 13.6. The van der Waals surface area contributed by atoms with Gasteiger partial charge in [-0.15, -0.1) is 0 Å². The van der Waals surface area contributed by atoms with Crippen LogP contribution < -0.4 is 14.8 Å². The lowest BCUT2D eigenvalue weighted by Gasteiger charge is -2.19. The summed E-state index contributed by atoms with van der Waals surface area (Å²) in [6.07, 6.45) is 12.0. The molecule has 3 aromatic carbocycles. The molecule has 0 amide bonds. The van der Waals surface area contributed by atoms with Crippen molar-refractivity contribution >= 4 is 46.6 Å². The molecule has 0 N–H and O–H groups in total. The van der Waals surface area contributed by atoms with E-state index in [1.54, 1.807) is 48.5 Å². The zero-order chi connectivity index (χ0) is 32.9. The van der Waals surface area contributed by atoms with Gasteiger partial charge in [0.05, 0.1) is 31.7 Å². The van der Waals surface area contributed by atoms with Crippen LogP contribution in [0.4, 0.5) is 0 Å². The van der Waals surface area contributed by atoms with Crippen LogP contribution >= 0.6 is 30.8 Å². The number of carbonyl (C=O) groups is 2. The summed E-state index contributed by atoms with van der Waals surface area (Å²) < 4.78 is 36.9. The van der Waals surface area contributed by atoms with Gasteiger partial charge < -0.3 is 18.5 Å². The van der Waals surface area contributed by atoms with Gasteiger partial charge in [0.2, 0.25) is 0 Å². The molecule has 3 rings (SSSR count). The predicted octanol–water partition coefficient (Wildman–Crippen LogP) is 10.1. The van der Waals surface area contributed by atoms with E-state index < -0.39 is 18.1 Å². The average molecular weight is 692 g/mol. The topological polar surface area (TPSA) is 88.1 Å². The van der Waals surface area contributed by atoms with E-state index >= 15 is 0 Å². The summed E-state index contributed by atoms with van der Waals surface area (Å²) in [5, 5.41) is -0.347. The Morgan fingerprint density at radius 2 is 0.826 bits per heavy atom. The van der Waals surface area contributed by atoms with Crippen LogP contribution in [-0.4, -0.2) is 36.9 Å². The van der Waals surface area contributed by atoms with Crippen LogP contribution in [0.3, 0.4) is 0 Å². The molecule has 0 heterocycles. The van der Waals surface area contributed by atoms with E-state index in [2.05, 4.69) is 0 Å². The quantitative estimate of drug-likeness (QED) is 0.0496. The normalized spacial score (nSPS) is 11.3. The van der Waals surface area contributed by atoms with E-state index in [1.165, 1.54) is 0 Å². The Balaban J connectivity index is 1.21. The minimum Gasteiger partial charge on any atom is -0.494 e. The number of carbonyl (C=O) groups excluding carboxylic acids is 2. The monoisotopic (exact) mass is 690 g/mol. The van der Waals surface area contributed by atoms with Gasteiger partial charge in [0.1, 0.15) is 11.5 Å². The standard InChI is InChI=1S/C36H45Cl2O7P/c37-35(39)30-18-22-32(23-19-30)42-26-12-5-1-3-7-14-28-44-46(41,34-16-10-9-11-17-34)45-29-15-8-4-2-6-13-27-43-33-24-20-31(21-25-33)36(38)40/h9-11,16-25H,1-8,12-15,26-29H2. The molecule has 0 atom stereocenters. The maximum Gasteiger partial charge on any atom is 0.361 e. The van der Waals surface area contributed by atoms with Crippen molar-refractivity contribution in [1.82, 2.24) is 0 Å². The Morgan fingerprint density at radius 3 is 1.20 bits per heavy atom. The Morgan fingerprint density at radius 1 is 0.478 bits per heavy atom. The molecule has 0 aliphatic carbocycles. The van der Waals surface area contributed by atoms with E-state index in [1.807, 2.05) is 30.3 Å². The van der Waals surface area contributed by atoms with Gasteiger partial charge in [-0.3, -0.25) is 14.2 Å². The van der Waals surface area contributed by atoms with Crippen LogP contribution in [0.25, 0.3) is 0 Å². The predicted molar refractivity (Wildman–Crippen MR) is 185 cm³/mol. The van der Waals surface area contributed by atoms with E-state index in [4.69, 9.17) is 41.7 Å². The third-order valence-electron chi connectivity index (χ3n) is 7.37. The first-order valence-electron chi connectivity index (χ1n) is 16.2. The van der Waals surface area contributed by atoms with Crippen molar-refractivity contribution in [3.05, 3.63) is 90.0 Å². The minimum atomic E-state index is -3.37. The molecule has 0 aliphatic rings. The maximum atomic E-state index is 13.6. The van der Waals surface area contributed by atoms with Gasteiger partial charge in [-0.2, -0.15) is 0 Å². The van der Waals surface area contributed by atoms with Crippen LogP contribution in [0, 0.1) is 0 Å². The van der Waals surface area contributed by atoms with Crippen molar-refractivity contribution in [2.45, 2.75) is 77.0 Å². The summed E-state index contributed by atoms with van der Waals surface area (Å²) in [6.45, 7) is 2.04. The van der Waals surface area contributed by atoms with Crippen molar-refractivity contribution in [3.63, 3.8) is 0 Å². The highest BCUT2D eigenvalue weighted by atomic mass is 35.5. The summed E-state index contributed by atoms with van der Waals surface area (Å²) >= 11 is 10.9. The van der Waals surface area contributed by atoms with Crippen LogP contribution in [-0.2, 0) is 13.6 Å². The van der Waals surface area contributed by atoms with Crippen molar-refractivity contribution < 1.29 is 32.7 Å². The Hall–Kier alpha value is -2.67. The first-order chi connectivity index (χ1) is 22.4. The molecule has 0 radical (unpaired) electrons. The Kier molecular flexibility index (Phi) is 18.1. The van der Waals surface area contributed by atoms with Gasteiger partial charge in [0, 0.05) is 11.1 Å². The highest BCUT2D eigenvalue weighted by Crippen LogP contribution is 2.47. The summed E-state index contributed by atoms with van der Waals surface area (Å²) in [5.41, 5.74) is 0.916. The number of halogens is 2. The Labute approximate surface area is 283 Å². The molecule has 0 saturated carbocycles. The fraction of sp³-hybridized carbons (Fsp3) is 0.444. The molecule has 0 fully saturated rings. The fourth-order valence-electron chi connectivity index (χ4n) is 4.73. The molecule has 0 spiro atoms. The first kappa shape index (κ1) is 37.8. The molecule has 7 nitrogen and oxygen atoms in total. The van der Waals surface area contributed by atoms with Gasteiger partial charge in [0.15, 0.2) is 0 Å². The lowest BCUT2D eigenvalue weighted by Crippen LogP contribution is -2.11. The molecule has 0 saturated heterocycles. The molecule has 10 heteroatoms. The zero-order valence-electron chi connectivity index (χ0n) is 26.4. The number of hydrogen-bond donors (Lipinski definition) is 0. The third-order valence-corrected chi connectivity index (χ3v) is 9.78. The van der Waals surface area contributed by atoms with Crippen LogP contribution in [0.15, 0.2) is 78.9 Å².